The van der Waals surface area contributed by atoms with Crippen LogP contribution in [0.15, 0.2) is 30.3 Å². The van der Waals surface area contributed by atoms with E-state index in [9.17, 15) is 14.4 Å². The number of ketones is 1. The molecule has 7 nitrogen and oxygen atoms in total. The molecule has 0 unspecified atom stereocenters. The van der Waals surface area contributed by atoms with Crippen molar-refractivity contribution in [1.82, 2.24) is 14.8 Å². The van der Waals surface area contributed by atoms with E-state index < -0.39 is 12.1 Å². The molecule has 1 atom stereocenters. The number of carbonyl (C=O) groups excluding carboxylic acids is 3. The molecule has 1 fully saturated rings. The number of aromatic nitrogens is 1. The van der Waals surface area contributed by atoms with Gasteiger partial charge in [-0.1, -0.05) is 13.8 Å². The number of imide groups is 1. The van der Waals surface area contributed by atoms with Crippen LogP contribution < -0.4 is 10.1 Å². The number of amides is 3. The topological polar surface area (TPSA) is 80.6 Å². The van der Waals surface area contributed by atoms with Gasteiger partial charge in [-0.25, -0.2) is 4.79 Å². The second-order valence-electron chi connectivity index (χ2n) is 7.80. The van der Waals surface area contributed by atoms with Crippen LogP contribution in [0.5, 0.6) is 5.75 Å². The Kier molecular flexibility index (Phi) is 5.77. The van der Waals surface area contributed by atoms with Gasteiger partial charge in [-0.05, 0) is 56.5 Å². The van der Waals surface area contributed by atoms with Gasteiger partial charge >= 0.3 is 6.03 Å². The summed E-state index contributed by atoms with van der Waals surface area (Å²) in [6.45, 7) is 7.49. The number of methoxy groups -OCH3 is 1. The van der Waals surface area contributed by atoms with Crippen LogP contribution in [0.1, 0.15) is 42.0 Å². The van der Waals surface area contributed by atoms with E-state index in [0.717, 1.165) is 27.7 Å². The van der Waals surface area contributed by atoms with Gasteiger partial charge in [0.15, 0.2) is 5.78 Å². The first kappa shape index (κ1) is 20.6. The van der Waals surface area contributed by atoms with Crippen molar-refractivity contribution in [3.63, 3.8) is 0 Å². The lowest BCUT2D eigenvalue weighted by Crippen LogP contribution is -2.36. The Hall–Kier alpha value is -3.09. The zero-order valence-corrected chi connectivity index (χ0v) is 17.5. The minimum absolute atomic E-state index is 0.258. The first-order chi connectivity index (χ1) is 13.7. The number of hydrogen-bond acceptors (Lipinski definition) is 4. The summed E-state index contributed by atoms with van der Waals surface area (Å²) in [7, 11) is 1.61. The van der Waals surface area contributed by atoms with E-state index in [1.54, 1.807) is 13.2 Å². The monoisotopic (exact) mass is 397 g/mol. The fraction of sp³-hybridized carbons (Fsp3) is 0.409. The lowest BCUT2D eigenvalue weighted by atomic mass is 10.0. The Morgan fingerprint density at radius 1 is 1.17 bits per heavy atom. The molecule has 29 heavy (non-hydrogen) atoms. The summed E-state index contributed by atoms with van der Waals surface area (Å²) < 4.78 is 7.17. The maximum absolute atomic E-state index is 12.9. The number of nitrogens with zero attached hydrogens (tertiary/aromatic N) is 2. The standard InChI is InChI=1S/C22H27N3O4/c1-13(2)10-19-21(27)24(22(28)23-19)12-20(26)18-11-14(3)25(15(18)4)16-6-8-17(29-5)9-7-16/h6-9,11,13,19H,10,12H2,1-5H3,(H,23,28)/t19-/m1/s1. The first-order valence-electron chi connectivity index (χ1n) is 9.71. The molecule has 2 heterocycles. The van der Waals surface area contributed by atoms with Crippen molar-refractivity contribution in [3.05, 3.63) is 47.3 Å². The highest BCUT2D eigenvalue weighted by molar-refractivity contribution is 6.09. The molecule has 0 saturated carbocycles. The Balaban J connectivity index is 1.81. The maximum atomic E-state index is 12.9. The van der Waals surface area contributed by atoms with Crippen LogP contribution >= 0.6 is 0 Å². The van der Waals surface area contributed by atoms with Crippen LogP contribution in [0.4, 0.5) is 4.79 Å². The van der Waals surface area contributed by atoms with E-state index in [0.29, 0.717) is 12.0 Å². The highest BCUT2D eigenvalue weighted by Crippen LogP contribution is 2.24. The summed E-state index contributed by atoms with van der Waals surface area (Å²) in [6, 6.07) is 8.30. The van der Waals surface area contributed by atoms with E-state index in [1.807, 2.05) is 56.5 Å². The first-order valence-corrected chi connectivity index (χ1v) is 9.71. The Morgan fingerprint density at radius 3 is 2.41 bits per heavy atom. The summed E-state index contributed by atoms with van der Waals surface area (Å²) in [5.74, 6) is 0.429. The van der Waals surface area contributed by atoms with Gasteiger partial charge < -0.3 is 14.6 Å². The average molecular weight is 397 g/mol. The number of ether oxygens (including phenoxy) is 1. The van der Waals surface area contributed by atoms with Crippen molar-refractivity contribution < 1.29 is 19.1 Å². The molecule has 2 aromatic rings. The predicted molar refractivity (Wildman–Crippen MR) is 110 cm³/mol. The molecule has 3 amide bonds. The van der Waals surface area contributed by atoms with Gasteiger partial charge in [0.1, 0.15) is 11.8 Å². The molecule has 0 aliphatic carbocycles. The molecule has 0 spiro atoms. The van der Waals surface area contributed by atoms with Gasteiger partial charge in [0.2, 0.25) is 0 Å². The van der Waals surface area contributed by atoms with Gasteiger partial charge in [0.05, 0.1) is 13.7 Å². The van der Waals surface area contributed by atoms with E-state index in [4.69, 9.17) is 4.74 Å². The van der Waals surface area contributed by atoms with Crippen molar-refractivity contribution in [2.45, 2.75) is 40.2 Å². The Bertz CT molecular complexity index is 944. The van der Waals surface area contributed by atoms with Gasteiger partial charge in [-0.2, -0.15) is 0 Å². The van der Waals surface area contributed by atoms with Crippen LogP contribution in [0, 0.1) is 19.8 Å². The Morgan fingerprint density at radius 2 is 1.83 bits per heavy atom. The zero-order valence-electron chi connectivity index (χ0n) is 17.5. The number of carbonyl (C=O) groups is 3. The van der Waals surface area contributed by atoms with Gasteiger partial charge in [0, 0.05) is 22.6 Å². The largest absolute Gasteiger partial charge is 0.497 e. The SMILES string of the molecule is COc1ccc(-n2c(C)cc(C(=O)CN3C(=O)N[C@H](CC(C)C)C3=O)c2C)cc1. The smallest absolute Gasteiger partial charge is 0.325 e. The molecular weight excluding hydrogens is 370 g/mol. The van der Waals surface area contributed by atoms with Crippen LogP contribution in [-0.2, 0) is 4.79 Å². The number of rotatable bonds is 7. The van der Waals surface area contributed by atoms with Crippen LogP contribution in [0.3, 0.4) is 0 Å². The highest BCUT2D eigenvalue weighted by atomic mass is 16.5. The van der Waals surface area contributed by atoms with E-state index >= 15 is 0 Å². The van der Waals surface area contributed by atoms with Crippen LogP contribution in [0.25, 0.3) is 5.69 Å². The minimum atomic E-state index is -0.554. The molecule has 1 aliphatic rings. The summed E-state index contributed by atoms with van der Waals surface area (Å²) in [4.78, 5) is 38.7. The normalized spacial score (nSPS) is 16.5. The molecule has 7 heteroatoms. The summed E-state index contributed by atoms with van der Waals surface area (Å²) in [6.07, 6.45) is 0.557. The lowest BCUT2D eigenvalue weighted by molar-refractivity contribution is -0.127. The highest BCUT2D eigenvalue weighted by Gasteiger charge is 2.39. The molecule has 1 aromatic heterocycles. The average Bonchev–Trinajstić information content (AvgIpc) is 3.11. The molecule has 1 aromatic carbocycles. The van der Waals surface area contributed by atoms with Crippen LogP contribution in [0.2, 0.25) is 0 Å². The number of benzene rings is 1. The third-order valence-corrected chi connectivity index (χ3v) is 5.18. The van der Waals surface area contributed by atoms with E-state index in [1.165, 1.54) is 0 Å². The summed E-state index contributed by atoms with van der Waals surface area (Å²) in [5, 5.41) is 2.68. The second-order valence-corrected chi connectivity index (χ2v) is 7.80. The number of nitrogens with one attached hydrogen (secondary N) is 1. The molecule has 0 radical (unpaired) electrons. The molecule has 3 rings (SSSR count). The lowest BCUT2D eigenvalue weighted by Gasteiger charge is -2.14. The number of urea groups is 1. The minimum Gasteiger partial charge on any atom is -0.497 e. The predicted octanol–water partition coefficient (Wildman–Crippen LogP) is 3.25. The third-order valence-electron chi connectivity index (χ3n) is 5.18. The molecule has 154 valence electrons. The van der Waals surface area contributed by atoms with Crippen molar-refractivity contribution in [2.75, 3.05) is 13.7 Å². The molecule has 0 bridgehead atoms. The fourth-order valence-electron chi connectivity index (χ4n) is 3.76. The molecule has 1 saturated heterocycles. The maximum Gasteiger partial charge on any atom is 0.325 e. The van der Waals surface area contributed by atoms with E-state index in [2.05, 4.69) is 5.32 Å². The third kappa shape index (κ3) is 4.04. The van der Waals surface area contributed by atoms with Gasteiger partial charge in [-0.15, -0.1) is 0 Å². The second kappa shape index (κ2) is 8.11. The van der Waals surface area contributed by atoms with Crippen molar-refractivity contribution in [3.8, 4) is 11.4 Å². The van der Waals surface area contributed by atoms with Crippen molar-refractivity contribution >= 4 is 17.7 Å². The van der Waals surface area contributed by atoms with E-state index in [-0.39, 0.29) is 24.2 Å². The number of aryl methyl sites for hydroxylation is 1. The Labute approximate surface area is 170 Å². The number of hydrogen-bond donors (Lipinski definition) is 1. The molecule has 1 N–H and O–H groups in total. The van der Waals surface area contributed by atoms with Crippen molar-refractivity contribution in [2.24, 2.45) is 5.92 Å². The summed E-state index contributed by atoms with van der Waals surface area (Å²) >= 11 is 0. The molecule has 1 aliphatic heterocycles. The number of Topliss-reactive ketones (excluding diaryl/α,β-unsaturated/α-hetero) is 1. The van der Waals surface area contributed by atoms with Gasteiger partial charge in [0.25, 0.3) is 5.91 Å². The van der Waals surface area contributed by atoms with Crippen LogP contribution in [-0.4, -0.2) is 46.9 Å². The van der Waals surface area contributed by atoms with Gasteiger partial charge in [-0.3, -0.25) is 14.5 Å². The molecular formula is C22H27N3O4. The quantitative estimate of drug-likeness (QED) is 0.574. The summed E-state index contributed by atoms with van der Waals surface area (Å²) in [5.41, 5.74) is 3.08. The fourth-order valence-corrected chi connectivity index (χ4v) is 3.76. The van der Waals surface area contributed by atoms with Crippen molar-refractivity contribution in [1.29, 1.82) is 0 Å². The zero-order chi connectivity index (χ0) is 21.3.